The molecule has 0 saturated carbocycles. The van der Waals surface area contributed by atoms with Crippen molar-refractivity contribution < 1.29 is 9.84 Å². The van der Waals surface area contributed by atoms with Crippen molar-refractivity contribution in [3.05, 3.63) is 53.7 Å². The van der Waals surface area contributed by atoms with Crippen LogP contribution in [-0.2, 0) is 0 Å². The van der Waals surface area contributed by atoms with Gasteiger partial charge in [0.25, 0.3) is 0 Å². The Balaban J connectivity index is 2.18. The average molecular weight is 229 g/mol. The number of nitrogens with zero attached hydrogens (tertiary/aromatic N) is 1. The van der Waals surface area contributed by atoms with Crippen LogP contribution >= 0.6 is 0 Å². The highest BCUT2D eigenvalue weighted by Crippen LogP contribution is 2.22. The van der Waals surface area contributed by atoms with Gasteiger partial charge in [-0.1, -0.05) is 17.7 Å². The normalized spacial score (nSPS) is 12.2. The number of pyridine rings is 1. The number of aromatic nitrogens is 1. The van der Waals surface area contributed by atoms with Crippen LogP contribution in [0.3, 0.4) is 0 Å². The maximum atomic E-state index is 9.47. The maximum absolute atomic E-state index is 9.47. The number of aliphatic hydroxyl groups excluding tert-OH is 1. The summed E-state index contributed by atoms with van der Waals surface area (Å²) in [5.74, 6) is 1.23. The minimum Gasteiger partial charge on any atom is -0.439 e. The van der Waals surface area contributed by atoms with Gasteiger partial charge in [0, 0.05) is 12.3 Å². The van der Waals surface area contributed by atoms with Crippen LogP contribution in [0, 0.1) is 6.92 Å². The van der Waals surface area contributed by atoms with E-state index in [1.165, 1.54) is 5.56 Å². The average Bonchev–Trinajstić information content (AvgIpc) is 2.32. The van der Waals surface area contributed by atoms with Crippen LogP contribution in [0.25, 0.3) is 0 Å². The highest BCUT2D eigenvalue weighted by Gasteiger charge is 2.04. The summed E-state index contributed by atoms with van der Waals surface area (Å²) in [5, 5.41) is 9.47. The molecule has 0 aliphatic rings. The van der Waals surface area contributed by atoms with E-state index in [4.69, 9.17) is 4.74 Å². The molecule has 1 N–H and O–H groups in total. The SMILES string of the molecule is Cc1ccc(Oc2cc([C@@H](C)O)ccn2)cc1. The molecule has 0 unspecified atom stereocenters. The molecule has 0 fully saturated rings. The zero-order valence-electron chi connectivity index (χ0n) is 9.92. The number of rotatable bonds is 3. The van der Waals surface area contributed by atoms with Crippen molar-refractivity contribution in [2.24, 2.45) is 0 Å². The summed E-state index contributed by atoms with van der Waals surface area (Å²) in [6.07, 6.45) is 1.12. The Bertz CT molecular complexity index is 492. The summed E-state index contributed by atoms with van der Waals surface area (Å²) < 4.78 is 5.60. The van der Waals surface area contributed by atoms with Crippen molar-refractivity contribution in [3.63, 3.8) is 0 Å². The number of ether oxygens (including phenoxy) is 1. The Kier molecular flexibility index (Phi) is 3.40. The van der Waals surface area contributed by atoms with E-state index >= 15 is 0 Å². The highest BCUT2D eigenvalue weighted by atomic mass is 16.5. The van der Waals surface area contributed by atoms with E-state index in [-0.39, 0.29) is 0 Å². The van der Waals surface area contributed by atoms with Gasteiger partial charge in [-0.05, 0) is 37.6 Å². The molecule has 0 bridgehead atoms. The summed E-state index contributed by atoms with van der Waals surface area (Å²) in [6.45, 7) is 3.74. The van der Waals surface area contributed by atoms with Crippen molar-refractivity contribution >= 4 is 0 Å². The van der Waals surface area contributed by atoms with E-state index in [0.717, 1.165) is 11.3 Å². The topological polar surface area (TPSA) is 42.4 Å². The van der Waals surface area contributed by atoms with E-state index in [9.17, 15) is 5.11 Å². The molecule has 1 aromatic carbocycles. The molecule has 0 aliphatic heterocycles. The lowest BCUT2D eigenvalue weighted by Gasteiger charge is -2.08. The zero-order valence-corrected chi connectivity index (χ0v) is 9.92. The third kappa shape index (κ3) is 3.04. The van der Waals surface area contributed by atoms with Crippen LogP contribution in [0.1, 0.15) is 24.2 Å². The second kappa shape index (κ2) is 4.97. The molecular weight excluding hydrogens is 214 g/mol. The molecule has 3 heteroatoms. The molecule has 0 aliphatic carbocycles. The Morgan fingerprint density at radius 3 is 2.53 bits per heavy atom. The quantitative estimate of drug-likeness (QED) is 0.878. The van der Waals surface area contributed by atoms with E-state index in [1.54, 1.807) is 25.3 Å². The minimum absolute atomic E-state index is 0.493. The van der Waals surface area contributed by atoms with Gasteiger partial charge in [0.2, 0.25) is 5.88 Å². The monoisotopic (exact) mass is 229 g/mol. The first-order valence-electron chi connectivity index (χ1n) is 5.54. The standard InChI is InChI=1S/C14H15NO2/c1-10-3-5-13(6-4-10)17-14-9-12(11(2)16)7-8-15-14/h3-9,11,16H,1-2H3/t11-/m1/s1. The molecule has 1 atom stereocenters. The molecule has 0 saturated heterocycles. The predicted octanol–water partition coefficient (Wildman–Crippen LogP) is 3.24. The highest BCUT2D eigenvalue weighted by molar-refractivity contribution is 5.31. The van der Waals surface area contributed by atoms with Gasteiger partial charge in [-0.3, -0.25) is 0 Å². The number of hydrogen-bond acceptors (Lipinski definition) is 3. The molecule has 88 valence electrons. The fourth-order valence-corrected chi connectivity index (χ4v) is 1.47. The summed E-state index contributed by atoms with van der Waals surface area (Å²) >= 11 is 0. The largest absolute Gasteiger partial charge is 0.439 e. The fraction of sp³-hybridized carbons (Fsp3) is 0.214. The lowest BCUT2D eigenvalue weighted by atomic mass is 10.2. The maximum Gasteiger partial charge on any atom is 0.219 e. The number of aliphatic hydroxyl groups is 1. The molecule has 17 heavy (non-hydrogen) atoms. The van der Waals surface area contributed by atoms with Crippen molar-refractivity contribution in [3.8, 4) is 11.6 Å². The lowest BCUT2D eigenvalue weighted by Crippen LogP contribution is -1.94. The number of hydrogen-bond donors (Lipinski definition) is 1. The first-order valence-corrected chi connectivity index (χ1v) is 5.54. The van der Waals surface area contributed by atoms with Crippen LogP contribution in [0.2, 0.25) is 0 Å². The Labute approximate surface area is 101 Å². The van der Waals surface area contributed by atoms with Crippen molar-refractivity contribution in [2.75, 3.05) is 0 Å². The smallest absolute Gasteiger partial charge is 0.219 e. The summed E-state index contributed by atoms with van der Waals surface area (Å²) in [5.41, 5.74) is 1.98. The fourth-order valence-electron chi connectivity index (χ4n) is 1.47. The molecule has 1 aromatic heterocycles. The minimum atomic E-state index is -0.515. The molecular formula is C14H15NO2. The van der Waals surface area contributed by atoms with E-state index in [2.05, 4.69) is 4.98 Å². The van der Waals surface area contributed by atoms with Crippen LogP contribution < -0.4 is 4.74 Å². The molecule has 2 aromatic rings. The van der Waals surface area contributed by atoms with Crippen molar-refractivity contribution in [2.45, 2.75) is 20.0 Å². The Hall–Kier alpha value is -1.87. The second-order valence-electron chi connectivity index (χ2n) is 4.02. The second-order valence-corrected chi connectivity index (χ2v) is 4.02. The first-order chi connectivity index (χ1) is 8.15. The number of benzene rings is 1. The van der Waals surface area contributed by atoms with Crippen LogP contribution in [0.5, 0.6) is 11.6 Å². The lowest BCUT2D eigenvalue weighted by molar-refractivity contribution is 0.198. The molecule has 2 rings (SSSR count). The van der Waals surface area contributed by atoms with E-state index < -0.39 is 6.10 Å². The third-order valence-corrected chi connectivity index (χ3v) is 2.48. The summed E-state index contributed by atoms with van der Waals surface area (Å²) in [6, 6.07) is 11.3. The molecule has 0 spiro atoms. The van der Waals surface area contributed by atoms with E-state index in [0.29, 0.717) is 5.88 Å². The van der Waals surface area contributed by atoms with Gasteiger partial charge < -0.3 is 9.84 Å². The van der Waals surface area contributed by atoms with Crippen LogP contribution in [0.15, 0.2) is 42.6 Å². The van der Waals surface area contributed by atoms with Crippen molar-refractivity contribution in [1.29, 1.82) is 0 Å². The number of aryl methyl sites for hydroxylation is 1. The van der Waals surface area contributed by atoms with Crippen LogP contribution in [0.4, 0.5) is 0 Å². The molecule has 3 nitrogen and oxygen atoms in total. The summed E-state index contributed by atoms with van der Waals surface area (Å²) in [7, 11) is 0. The van der Waals surface area contributed by atoms with Crippen molar-refractivity contribution in [1.82, 2.24) is 4.98 Å². The Morgan fingerprint density at radius 2 is 1.88 bits per heavy atom. The van der Waals surface area contributed by atoms with Crippen LogP contribution in [-0.4, -0.2) is 10.1 Å². The van der Waals surface area contributed by atoms with Gasteiger partial charge in [-0.15, -0.1) is 0 Å². The van der Waals surface area contributed by atoms with Gasteiger partial charge in [0.15, 0.2) is 0 Å². The Morgan fingerprint density at radius 1 is 1.18 bits per heavy atom. The predicted molar refractivity (Wildman–Crippen MR) is 66.1 cm³/mol. The van der Waals surface area contributed by atoms with Gasteiger partial charge in [-0.2, -0.15) is 0 Å². The van der Waals surface area contributed by atoms with Gasteiger partial charge in [0.1, 0.15) is 5.75 Å². The molecule has 0 amide bonds. The third-order valence-electron chi connectivity index (χ3n) is 2.48. The van der Waals surface area contributed by atoms with E-state index in [1.807, 2.05) is 31.2 Å². The first kappa shape index (κ1) is 11.6. The van der Waals surface area contributed by atoms with Gasteiger partial charge in [-0.25, -0.2) is 4.98 Å². The van der Waals surface area contributed by atoms with Gasteiger partial charge >= 0.3 is 0 Å². The summed E-state index contributed by atoms with van der Waals surface area (Å²) in [4.78, 5) is 4.11. The molecule has 0 radical (unpaired) electrons. The zero-order chi connectivity index (χ0) is 12.3. The van der Waals surface area contributed by atoms with Gasteiger partial charge in [0.05, 0.1) is 6.10 Å². The molecule has 1 heterocycles.